The van der Waals surface area contributed by atoms with Crippen LogP contribution < -0.4 is 0 Å². The largest absolute Gasteiger partial charge is 0.503 e. The van der Waals surface area contributed by atoms with Crippen molar-refractivity contribution in [3.63, 3.8) is 0 Å². The summed E-state index contributed by atoms with van der Waals surface area (Å²) < 4.78 is 27.0. The summed E-state index contributed by atoms with van der Waals surface area (Å²) in [6, 6.07) is 0. The summed E-state index contributed by atoms with van der Waals surface area (Å²) in [5.74, 6) is 0. The Balaban J connectivity index is 3.51. The Morgan fingerprint density at radius 3 is 1.50 bits per heavy atom. The van der Waals surface area contributed by atoms with E-state index in [9.17, 15) is 2.86 Å². The maximum absolute atomic E-state index is 10.0. The van der Waals surface area contributed by atoms with Crippen LogP contribution in [0.3, 0.4) is 0 Å². The van der Waals surface area contributed by atoms with Gasteiger partial charge in [-0.2, -0.15) is 6.14 Å². The SMILES string of the molecule is O=I(=O)F. The van der Waals surface area contributed by atoms with Gasteiger partial charge < -0.3 is 0 Å². The molecule has 0 N–H and O–H groups in total. The molecule has 0 fully saturated rings. The fourth-order valence-electron chi connectivity index (χ4n) is 0. The molecule has 0 aromatic rings. The Hall–Kier alpha value is 0.260. The molecule has 0 amide bonds. The van der Waals surface area contributed by atoms with Crippen molar-refractivity contribution in [1.82, 2.24) is 0 Å². The molecule has 0 aromatic heterocycles. The fraction of sp³-hybridized carbons (Fsp3) is 0. The number of hydrogen-bond acceptors (Lipinski definition) is 2. The molecule has 0 unspecified atom stereocenters. The van der Waals surface area contributed by atoms with Gasteiger partial charge in [0, 0.05) is 0 Å². The minimum atomic E-state index is -4.26. The zero-order chi connectivity index (χ0) is 3.58. The minimum Gasteiger partial charge on any atom is -0.197 e. The summed E-state index contributed by atoms with van der Waals surface area (Å²) in [6.45, 7) is 0. The number of hydrogen-bond donors (Lipinski definition) is 0. The van der Waals surface area contributed by atoms with E-state index in [0.717, 1.165) is 0 Å². The maximum Gasteiger partial charge on any atom is 0.503 e. The maximum atomic E-state index is 10.0. The van der Waals surface area contributed by atoms with Gasteiger partial charge in [-0.25, -0.2) is 0 Å². The van der Waals surface area contributed by atoms with Crippen LogP contribution in [0, 0.1) is 0 Å². The highest BCUT2D eigenvalue weighted by Gasteiger charge is 1.63. The first-order chi connectivity index (χ1) is 1.73. The van der Waals surface area contributed by atoms with Crippen LogP contribution >= 0.6 is 20.4 Å². The Kier molecular flexibility index (Phi) is 1.67. The van der Waals surface area contributed by atoms with Crippen molar-refractivity contribution in [1.29, 1.82) is 0 Å². The van der Waals surface area contributed by atoms with Gasteiger partial charge in [0.25, 0.3) is 0 Å². The third-order valence-corrected chi connectivity index (χ3v) is 0. The number of halogens is 2. The molecule has 4 heavy (non-hydrogen) atoms. The van der Waals surface area contributed by atoms with Crippen LogP contribution in [0.1, 0.15) is 0 Å². The molecule has 0 bridgehead atoms. The molecule has 0 heterocycles. The van der Waals surface area contributed by atoms with E-state index < -0.39 is 20.4 Å². The molecular weight excluding hydrogens is 178 g/mol. The molecule has 2 nitrogen and oxygen atoms in total. The van der Waals surface area contributed by atoms with E-state index in [1.165, 1.54) is 0 Å². The lowest BCUT2D eigenvalue weighted by Gasteiger charge is -1.28. The van der Waals surface area contributed by atoms with Crippen LogP contribution in [0.25, 0.3) is 0 Å². The van der Waals surface area contributed by atoms with Gasteiger partial charge in [0.05, 0.1) is 0 Å². The van der Waals surface area contributed by atoms with E-state index >= 15 is 0 Å². The summed E-state index contributed by atoms with van der Waals surface area (Å²) in [5.41, 5.74) is 0. The predicted octanol–water partition coefficient (Wildman–Crippen LogP) is 1.07. The lowest BCUT2D eigenvalue weighted by atomic mass is 16.0. The van der Waals surface area contributed by atoms with Crippen LogP contribution in [0.15, 0.2) is 0 Å². The Morgan fingerprint density at radius 2 is 1.50 bits per heavy atom. The molecule has 0 aromatic carbocycles. The molecule has 0 spiro atoms. The molecule has 0 rings (SSSR count). The van der Waals surface area contributed by atoms with Crippen LogP contribution in [-0.2, 0) is 6.14 Å². The quantitative estimate of drug-likeness (QED) is 0.519. The van der Waals surface area contributed by atoms with E-state index in [4.69, 9.17) is 6.14 Å². The van der Waals surface area contributed by atoms with Crippen LogP contribution in [0.5, 0.6) is 0 Å². The van der Waals surface area contributed by atoms with E-state index in [2.05, 4.69) is 0 Å². The fourth-order valence-corrected chi connectivity index (χ4v) is 0. The van der Waals surface area contributed by atoms with Gasteiger partial charge in [-0.05, 0) is 0 Å². The van der Waals surface area contributed by atoms with Crippen molar-refractivity contribution in [2.45, 2.75) is 0 Å². The van der Waals surface area contributed by atoms with Crippen LogP contribution in [-0.4, -0.2) is 0 Å². The predicted molar refractivity (Wildman–Crippen MR) is 16.5 cm³/mol. The van der Waals surface area contributed by atoms with Gasteiger partial charge in [0.1, 0.15) is 0 Å². The summed E-state index contributed by atoms with van der Waals surface area (Å²) >= 11 is -4.26. The third kappa shape index (κ3) is 53.1. The van der Waals surface area contributed by atoms with E-state index in [1.54, 1.807) is 0 Å². The molecule has 26 valence electrons. The van der Waals surface area contributed by atoms with Crippen molar-refractivity contribution >= 4 is 20.4 Å². The summed E-state index contributed by atoms with van der Waals surface area (Å²) in [4.78, 5) is 0. The summed E-state index contributed by atoms with van der Waals surface area (Å²) in [6.07, 6.45) is 0. The molecule has 0 aliphatic rings. The second kappa shape index (κ2) is 1.57. The van der Waals surface area contributed by atoms with Crippen molar-refractivity contribution in [3.8, 4) is 0 Å². The Morgan fingerprint density at radius 1 is 1.50 bits per heavy atom. The van der Waals surface area contributed by atoms with Crippen molar-refractivity contribution in [2.24, 2.45) is 0 Å². The zero-order valence-corrected chi connectivity index (χ0v) is 3.73. The van der Waals surface area contributed by atoms with Crippen molar-refractivity contribution < 1.29 is 9.00 Å². The van der Waals surface area contributed by atoms with Crippen molar-refractivity contribution in [2.75, 3.05) is 0 Å². The monoisotopic (exact) mass is 178 g/mol. The molecule has 4 heteroatoms. The van der Waals surface area contributed by atoms with Gasteiger partial charge in [0.2, 0.25) is 0 Å². The lowest BCUT2D eigenvalue weighted by Crippen LogP contribution is -0.982. The highest BCUT2D eigenvalue weighted by atomic mass is 127. The van der Waals surface area contributed by atoms with Gasteiger partial charge >= 0.3 is 20.4 Å². The average Bonchev–Trinajstić information content (AvgIpc) is 0.811. The average molecular weight is 178 g/mol. The van der Waals surface area contributed by atoms with Crippen molar-refractivity contribution in [3.05, 3.63) is 0 Å². The van der Waals surface area contributed by atoms with Gasteiger partial charge in [-0.3, -0.25) is 0 Å². The van der Waals surface area contributed by atoms with E-state index in [-0.39, 0.29) is 0 Å². The smallest absolute Gasteiger partial charge is 0.197 e. The molecule has 0 saturated carbocycles. The summed E-state index contributed by atoms with van der Waals surface area (Å²) in [7, 11) is 0. The Labute approximate surface area is 29.9 Å². The van der Waals surface area contributed by atoms with Gasteiger partial charge in [-0.1, -0.05) is 0 Å². The topological polar surface area (TPSA) is 34.1 Å². The summed E-state index contributed by atoms with van der Waals surface area (Å²) in [5, 5.41) is 0. The van der Waals surface area contributed by atoms with E-state index in [1.807, 2.05) is 0 Å². The highest BCUT2D eigenvalue weighted by molar-refractivity contribution is 14.2. The van der Waals surface area contributed by atoms with Gasteiger partial charge in [0.15, 0.2) is 0 Å². The Bertz CT molecular complexity index is 54.4. The normalized spacial score (nSPS) is 8.50. The van der Waals surface area contributed by atoms with Crippen LogP contribution in [0.2, 0.25) is 0 Å². The number of rotatable bonds is 0. The first kappa shape index (κ1) is 4.26. The second-order valence-electron chi connectivity index (χ2n) is 0.180. The molecule has 0 saturated heterocycles. The minimum absolute atomic E-state index is 4.26. The molecule has 0 aliphatic carbocycles. The molecule has 0 aliphatic heterocycles. The first-order valence-corrected chi connectivity index (χ1v) is 3.03. The van der Waals surface area contributed by atoms with Crippen LogP contribution in [0.4, 0.5) is 2.86 Å². The lowest BCUT2D eigenvalue weighted by molar-refractivity contribution is 0.601. The second-order valence-corrected chi connectivity index (χ2v) is 1.21. The third-order valence-electron chi connectivity index (χ3n) is 0. The highest BCUT2D eigenvalue weighted by Crippen LogP contribution is 1.99. The van der Waals surface area contributed by atoms with Gasteiger partial charge in [-0.15, -0.1) is 2.86 Å². The molecular formula is FIO2. The van der Waals surface area contributed by atoms with E-state index in [0.29, 0.717) is 0 Å². The standard InChI is InChI=1S/FIO2/c1-2(3)4. The zero-order valence-electron chi connectivity index (χ0n) is 1.57. The molecule has 0 atom stereocenters. The molecule has 0 radical (unpaired) electrons. The first-order valence-electron chi connectivity index (χ1n) is 0.451.